The number of ether oxygens (including phenoxy) is 2. The molecule has 0 spiro atoms. The number of aromatic nitrogens is 4. The van der Waals surface area contributed by atoms with Gasteiger partial charge in [0.25, 0.3) is 0 Å². The molecule has 3 aromatic heterocycles. The summed E-state index contributed by atoms with van der Waals surface area (Å²) in [6.07, 6.45) is 4.32. The maximum absolute atomic E-state index is 5.75. The lowest BCUT2D eigenvalue weighted by Crippen LogP contribution is -2.09. The summed E-state index contributed by atoms with van der Waals surface area (Å²) in [5, 5.41) is 6.09. The van der Waals surface area contributed by atoms with E-state index in [2.05, 4.69) is 44.5 Å². The first-order valence-electron chi connectivity index (χ1n) is 10.5. The summed E-state index contributed by atoms with van der Waals surface area (Å²) in [5.41, 5.74) is 6.98. The van der Waals surface area contributed by atoms with Gasteiger partial charge in [-0.2, -0.15) is 9.61 Å². The quantitative estimate of drug-likeness (QED) is 0.415. The van der Waals surface area contributed by atoms with Gasteiger partial charge in [-0.15, -0.1) is 0 Å². The molecule has 0 aliphatic carbocycles. The van der Waals surface area contributed by atoms with Crippen LogP contribution >= 0.6 is 0 Å². The minimum Gasteiger partial charge on any atom is -0.497 e. The zero-order valence-corrected chi connectivity index (χ0v) is 18.9. The first-order valence-corrected chi connectivity index (χ1v) is 10.5. The standard InChI is InChI=1S/C24H30N4O2/c1-8-17(9-2)27-11-10-19-15(4)25-23-22(16(5)26-28(23)24(19)27)21-14(3)12-18(29-6)13-20(21)30-7/h10-13,17H,8-9H2,1-7H3. The first kappa shape index (κ1) is 20.3. The van der Waals surface area contributed by atoms with E-state index in [-0.39, 0.29) is 0 Å². The van der Waals surface area contributed by atoms with Crippen molar-refractivity contribution in [1.82, 2.24) is 19.2 Å². The van der Waals surface area contributed by atoms with Crippen molar-refractivity contribution in [3.05, 3.63) is 41.3 Å². The van der Waals surface area contributed by atoms with Crippen LogP contribution in [0.25, 0.3) is 27.8 Å². The van der Waals surface area contributed by atoms with Crippen LogP contribution in [0.15, 0.2) is 24.4 Å². The Bertz CT molecular complexity index is 1230. The van der Waals surface area contributed by atoms with Crippen LogP contribution in [0.5, 0.6) is 11.5 Å². The highest BCUT2D eigenvalue weighted by Gasteiger charge is 2.23. The van der Waals surface area contributed by atoms with Crippen molar-refractivity contribution in [3.63, 3.8) is 0 Å². The fourth-order valence-corrected chi connectivity index (χ4v) is 4.52. The number of methoxy groups -OCH3 is 2. The van der Waals surface area contributed by atoms with E-state index in [9.17, 15) is 0 Å². The Labute approximate surface area is 177 Å². The van der Waals surface area contributed by atoms with Gasteiger partial charge in [0.2, 0.25) is 0 Å². The van der Waals surface area contributed by atoms with E-state index in [4.69, 9.17) is 19.6 Å². The molecule has 4 aromatic rings. The summed E-state index contributed by atoms with van der Waals surface area (Å²) in [4.78, 5) is 4.98. The molecule has 0 bridgehead atoms. The minimum absolute atomic E-state index is 0.428. The molecular weight excluding hydrogens is 376 g/mol. The summed E-state index contributed by atoms with van der Waals surface area (Å²) < 4.78 is 15.5. The molecule has 6 heteroatoms. The van der Waals surface area contributed by atoms with Crippen LogP contribution in [0.2, 0.25) is 0 Å². The summed E-state index contributed by atoms with van der Waals surface area (Å²) >= 11 is 0. The molecule has 0 fully saturated rings. The Kier molecular flexibility index (Phi) is 5.18. The minimum atomic E-state index is 0.428. The predicted octanol–water partition coefficient (Wildman–Crippen LogP) is 5.65. The molecule has 0 N–H and O–H groups in total. The molecule has 0 aliphatic rings. The van der Waals surface area contributed by atoms with Gasteiger partial charge in [-0.3, -0.25) is 0 Å². The number of fused-ring (bicyclic) bond motifs is 3. The van der Waals surface area contributed by atoms with E-state index in [1.54, 1.807) is 14.2 Å². The molecule has 3 heterocycles. The van der Waals surface area contributed by atoms with Crippen LogP contribution in [0.4, 0.5) is 0 Å². The van der Waals surface area contributed by atoms with Crippen molar-refractivity contribution in [2.45, 2.75) is 53.5 Å². The van der Waals surface area contributed by atoms with Gasteiger partial charge >= 0.3 is 0 Å². The molecular formula is C24H30N4O2. The summed E-state index contributed by atoms with van der Waals surface area (Å²) in [6.45, 7) is 10.7. The van der Waals surface area contributed by atoms with Crippen molar-refractivity contribution in [1.29, 1.82) is 0 Å². The molecule has 158 valence electrons. The summed E-state index contributed by atoms with van der Waals surface area (Å²) in [7, 11) is 3.36. The molecule has 6 nitrogen and oxygen atoms in total. The van der Waals surface area contributed by atoms with Crippen molar-refractivity contribution in [2.75, 3.05) is 14.2 Å². The van der Waals surface area contributed by atoms with E-state index < -0.39 is 0 Å². The molecule has 0 saturated heterocycles. The zero-order chi connectivity index (χ0) is 21.6. The second kappa shape index (κ2) is 7.67. The van der Waals surface area contributed by atoms with Crippen molar-refractivity contribution in [2.24, 2.45) is 0 Å². The average molecular weight is 407 g/mol. The fourth-order valence-electron chi connectivity index (χ4n) is 4.52. The van der Waals surface area contributed by atoms with E-state index in [1.807, 2.05) is 23.6 Å². The molecule has 0 unspecified atom stereocenters. The summed E-state index contributed by atoms with van der Waals surface area (Å²) in [5.74, 6) is 1.54. The summed E-state index contributed by atoms with van der Waals surface area (Å²) in [6, 6.07) is 6.53. The molecule has 4 rings (SSSR count). The second-order valence-corrected chi connectivity index (χ2v) is 7.85. The SMILES string of the molecule is CCC(CC)n1ccc2c(C)nc3c(-c4c(C)cc(OC)cc4OC)c(C)nn3c21. The number of nitrogens with zero attached hydrogens (tertiary/aromatic N) is 4. The Balaban J connectivity index is 2.10. The van der Waals surface area contributed by atoms with Crippen molar-refractivity contribution in [3.8, 4) is 22.6 Å². The van der Waals surface area contributed by atoms with E-state index in [0.29, 0.717) is 6.04 Å². The van der Waals surface area contributed by atoms with Crippen LogP contribution in [0.3, 0.4) is 0 Å². The lowest BCUT2D eigenvalue weighted by molar-refractivity contribution is 0.395. The van der Waals surface area contributed by atoms with Crippen LogP contribution < -0.4 is 9.47 Å². The van der Waals surface area contributed by atoms with Crippen molar-refractivity contribution < 1.29 is 9.47 Å². The molecule has 0 atom stereocenters. The van der Waals surface area contributed by atoms with Gasteiger partial charge in [0.15, 0.2) is 5.65 Å². The topological polar surface area (TPSA) is 53.6 Å². The third-order valence-corrected chi connectivity index (χ3v) is 6.10. The van der Waals surface area contributed by atoms with Crippen molar-refractivity contribution >= 4 is 16.7 Å². The van der Waals surface area contributed by atoms with Gasteiger partial charge in [-0.25, -0.2) is 4.98 Å². The fraction of sp³-hybridized carbons (Fsp3) is 0.417. The van der Waals surface area contributed by atoms with E-state index in [1.165, 1.54) is 0 Å². The normalized spacial score (nSPS) is 11.7. The first-order chi connectivity index (χ1) is 14.4. The Hall–Kier alpha value is -3.02. The van der Waals surface area contributed by atoms with Gasteiger partial charge in [0, 0.05) is 29.3 Å². The van der Waals surface area contributed by atoms with Gasteiger partial charge in [0.1, 0.15) is 17.1 Å². The van der Waals surface area contributed by atoms with E-state index >= 15 is 0 Å². The second-order valence-electron chi connectivity index (χ2n) is 7.85. The highest BCUT2D eigenvalue weighted by molar-refractivity contribution is 5.90. The van der Waals surface area contributed by atoms with Gasteiger partial charge in [0.05, 0.1) is 31.2 Å². The monoisotopic (exact) mass is 406 g/mol. The lowest BCUT2D eigenvalue weighted by Gasteiger charge is -2.17. The molecule has 30 heavy (non-hydrogen) atoms. The number of benzene rings is 1. The van der Waals surface area contributed by atoms with Gasteiger partial charge < -0.3 is 14.0 Å². The van der Waals surface area contributed by atoms with E-state index in [0.717, 1.165) is 69.1 Å². The number of hydrogen-bond acceptors (Lipinski definition) is 4. The molecule has 0 amide bonds. The molecule has 0 aliphatic heterocycles. The maximum atomic E-state index is 5.75. The Morgan fingerprint density at radius 2 is 1.70 bits per heavy atom. The van der Waals surface area contributed by atoms with Crippen LogP contribution in [0.1, 0.15) is 49.7 Å². The average Bonchev–Trinajstić information content (AvgIpc) is 3.30. The zero-order valence-electron chi connectivity index (χ0n) is 18.9. The highest BCUT2D eigenvalue weighted by atomic mass is 16.5. The Morgan fingerprint density at radius 1 is 0.967 bits per heavy atom. The van der Waals surface area contributed by atoms with Gasteiger partial charge in [-0.05, 0) is 51.3 Å². The molecule has 0 radical (unpaired) electrons. The van der Waals surface area contributed by atoms with Crippen LogP contribution in [-0.4, -0.2) is 33.4 Å². The molecule has 0 saturated carbocycles. The highest BCUT2D eigenvalue weighted by Crippen LogP contribution is 2.41. The third kappa shape index (κ3) is 2.93. The third-order valence-electron chi connectivity index (χ3n) is 6.10. The number of aryl methyl sites for hydroxylation is 3. The predicted molar refractivity (Wildman–Crippen MR) is 121 cm³/mol. The molecule has 1 aromatic carbocycles. The maximum Gasteiger partial charge on any atom is 0.165 e. The number of rotatable bonds is 6. The van der Waals surface area contributed by atoms with Crippen LogP contribution in [0, 0.1) is 20.8 Å². The van der Waals surface area contributed by atoms with Gasteiger partial charge in [-0.1, -0.05) is 13.8 Å². The van der Waals surface area contributed by atoms with Crippen LogP contribution in [-0.2, 0) is 0 Å². The largest absolute Gasteiger partial charge is 0.497 e. The Morgan fingerprint density at radius 3 is 2.33 bits per heavy atom. The number of hydrogen-bond donors (Lipinski definition) is 0. The lowest BCUT2D eigenvalue weighted by atomic mass is 9.99. The smallest absolute Gasteiger partial charge is 0.165 e.